The first-order valence-corrected chi connectivity index (χ1v) is 9.91. The van der Waals surface area contributed by atoms with Crippen LogP contribution in [0.1, 0.15) is 22.7 Å². The van der Waals surface area contributed by atoms with Crippen LogP contribution in [-0.4, -0.2) is 21.8 Å². The SMILES string of the molecule is Cc1cc(/C(O)=C2\C(=O)C(=O)N(c3cccc(F)c3)C2c2cccnc2)ccc1Br. The topological polar surface area (TPSA) is 70.5 Å². The zero-order valence-corrected chi connectivity index (χ0v) is 17.4. The number of pyridine rings is 1. The third kappa shape index (κ3) is 3.41. The van der Waals surface area contributed by atoms with Gasteiger partial charge in [0.25, 0.3) is 11.7 Å². The maximum Gasteiger partial charge on any atom is 0.300 e. The molecule has 2 heterocycles. The molecular weight excluding hydrogens is 451 g/mol. The number of ketones is 1. The third-order valence-corrected chi connectivity index (χ3v) is 5.85. The molecule has 1 atom stereocenters. The monoisotopic (exact) mass is 466 g/mol. The average molecular weight is 467 g/mol. The number of nitrogens with zero attached hydrogens (tertiary/aromatic N) is 2. The second-order valence-corrected chi connectivity index (χ2v) is 7.75. The van der Waals surface area contributed by atoms with Crippen LogP contribution in [0.25, 0.3) is 5.76 Å². The van der Waals surface area contributed by atoms with Gasteiger partial charge >= 0.3 is 0 Å². The lowest BCUT2D eigenvalue weighted by atomic mass is 9.95. The zero-order chi connectivity index (χ0) is 21.4. The highest BCUT2D eigenvalue weighted by Crippen LogP contribution is 2.42. The molecule has 1 N–H and O–H groups in total. The highest BCUT2D eigenvalue weighted by Gasteiger charge is 2.47. The van der Waals surface area contributed by atoms with Gasteiger partial charge in [0.15, 0.2) is 0 Å². The largest absolute Gasteiger partial charge is 0.507 e. The number of Topliss-reactive ketones (excluding diaryl/α,β-unsaturated/α-hetero) is 1. The van der Waals surface area contributed by atoms with Crippen molar-refractivity contribution in [2.45, 2.75) is 13.0 Å². The van der Waals surface area contributed by atoms with Crippen LogP contribution in [0.3, 0.4) is 0 Å². The molecule has 1 aliphatic heterocycles. The first-order valence-electron chi connectivity index (χ1n) is 9.11. The molecule has 1 aromatic heterocycles. The summed E-state index contributed by atoms with van der Waals surface area (Å²) in [6.07, 6.45) is 3.08. The van der Waals surface area contributed by atoms with Gasteiger partial charge in [-0.1, -0.05) is 34.1 Å². The van der Waals surface area contributed by atoms with Crippen LogP contribution < -0.4 is 4.90 Å². The summed E-state index contributed by atoms with van der Waals surface area (Å²) in [7, 11) is 0. The first kappa shape index (κ1) is 20.0. The summed E-state index contributed by atoms with van der Waals surface area (Å²) < 4.78 is 14.7. The van der Waals surface area contributed by atoms with Crippen molar-refractivity contribution in [1.29, 1.82) is 0 Å². The van der Waals surface area contributed by atoms with E-state index in [-0.39, 0.29) is 17.0 Å². The maximum atomic E-state index is 13.9. The fourth-order valence-corrected chi connectivity index (χ4v) is 3.77. The molecule has 30 heavy (non-hydrogen) atoms. The number of halogens is 2. The number of rotatable bonds is 3. The number of carbonyl (C=O) groups is 2. The second kappa shape index (κ2) is 7.84. The molecule has 1 unspecified atom stereocenters. The minimum Gasteiger partial charge on any atom is -0.507 e. The predicted molar refractivity (Wildman–Crippen MR) is 114 cm³/mol. The smallest absolute Gasteiger partial charge is 0.300 e. The van der Waals surface area contributed by atoms with Gasteiger partial charge in [0.1, 0.15) is 11.6 Å². The fourth-order valence-electron chi connectivity index (χ4n) is 3.53. The van der Waals surface area contributed by atoms with E-state index < -0.39 is 23.5 Å². The maximum absolute atomic E-state index is 13.9. The van der Waals surface area contributed by atoms with Crippen LogP contribution in [0, 0.1) is 12.7 Å². The van der Waals surface area contributed by atoms with Gasteiger partial charge in [-0.15, -0.1) is 0 Å². The molecule has 1 saturated heterocycles. The molecule has 5 nitrogen and oxygen atoms in total. The Morgan fingerprint density at radius 3 is 2.60 bits per heavy atom. The van der Waals surface area contributed by atoms with Crippen molar-refractivity contribution in [2.24, 2.45) is 0 Å². The van der Waals surface area contributed by atoms with E-state index in [0.29, 0.717) is 11.1 Å². The number of hydrogen-bond donors (Lipinski definition) is 1. The lowest BCUT2D eigenvalue weighted by Gasteiger charge is -2.25. The number of amides is 1. The number of aliphatic hydroxyl groups is 1. The molecule has 0 bridgehead atoms. The summed E-state index contributed by atoms with van der Waals surface area (Å²) in [5.41, 5.74) is 1.94. The van der Waals surface area contributed by atoms with Gasteiger partial charge in [-0.2, -0.15) is 0 Å². The molecular formula is C23H16BrFN2O3. The van der Waals surface area contributed by atoms with Crippen LogP contribution in [0.5, 0.6) is 0 Å². The summed E-state index contributed by atoms with van der Waals surface area (Å²) in [4.78, 5) is 31.2. The number of aryl methyl sites for hydroxylation is 1. The van der Waals surface area contributed by atoms with Gasteiger partial charge < -0.3 is 5.11 Å². The van der Waals surface area contributed by atoms with E-state index in [9.17, 15) is 19.1 Å². The second-order valence-electron chi connectivity index (χ2n) is 6.90. The molecule has 2 aromatic carbocycles. The predicted octanol–water partition coefficient (Wildman–Crippen LogP) is 4.92. The third-order valence-electron chi connectivity index (χ3n) is 4.96. The van der Waals surface area contributed by atoms with Crippen molar-refractivity contribution in [3.8, 4) is 0 Å². The van der Waals surface area contributed by atoms with Crippen LogP contribution >= 0.6 is 15.9 Å². The van der Waals surface area contributed by atoms with Gasteiger partial charge in [0, 0.05) is 28.1 Å². The zero-order valence-electron chi connectivity index (χ0n) is 15.8. The van der Waals surface area contributed by atoms with Crippen LogP contribution in [0.2, 0.25) is 0 Å². The molecule has 0 radical (unpaired) electrons. The van der Waals surface area contributed by atoms with Crippen LogP contribution in [0.4, 0.5) is 10.1 Å². The Kier molecular flexibility index (Phi) is 5.22. The van der Waals surface area contributed by atoms with E-state index in [1.54, 1.807) is 42.6 Å². The van der Waals surface area contributed by atoms with Gasteiger partial charge in [-0.3, -0.25) is 19.5 Å². The normalized spacial score (nSPS) is 18.1. The van der Waals surface area contributed by atoms with Crippen molar-refractivity contribution < 1.29 is 19.1 Å². The number of aromatic nitrogens is 1. The Morgan fingerprint density at radius 2 is 1.93 bits per heavy atom. The molecule has 1 fully saturated rings. The van der Waals surface area contributed by atoms with Crippen molar-refractivity contribution >= 4 is 39.1 Å². The molecule has 150 valence electrons. The van der Waals surface area contributed by atoms with E-state index >= 15 is 0 Å². The highest BCUT2D eigenvalue weighted by molar-refractivity contribution is 9.10. The number of benzene rings is 2. The van der Waals surface area contributed by atoms with E-state index in [2.05, 4.69) is 20.9 Å². The van der Waals surface area contributed by atoms with Gasteiger partial charge in [-0.05, 0) is 54.4 Å². The van der Waals surface area contributed by atoms with Crippen molar-refractivity contribution in [2.75, 3.05) is 4.90 Å². The quantitative estimate of drug-likeness (QED) is 0.338. The Morgan fingerprint density at radius 1 is 1.13 bits per heavy atom. The number of aliphatic hydroxyl groups excluding tert-OH is 1. The van der Waals surface area contributed by atoms with Crippen molar-refractivity contribution in [1.82, 2.24) is 4.98 Å². The number of anilines is 1. The number of carbonyl (C=O) groups excluding carboxylic acids is 2. The van der Waals surface area contributed by atoms with Gasteiger partial charge in [0.2, 0.25) is 0 Å². The van der Waals surface area contributed by atoms with Crippen molar-refractivity contribution in [3.05, 3.63) is 99.5 Å². The summed E-state index contributed by atoms with van der Waals surface area (Å²) in [6, 6.07) is 13.0. The van der Waals surface area contributed by atoms with E-state index in [1.165, 1.54) is 29.3 Å². The summed E-state index contributed by atoms with van der Waals surface area (Å²) in [5, 5.41) is 11.0. The highest BCUT2D eigenvalue weighted by atomic mass is 79.9. The van der Waals surface area contributed by atoms with Crippen molar-refractivity contribution in [3.63, 3.8) is 0 Å². The van der Waals surface area contributed by atoms with Gasteiger partial charge in [-0.25, -0.2) is 4.39 Å². The molecule has 7 heteroatoms. The Bertz CT molecular complexity index is 1190. The summed E-state index contributed by atoms with van der Waals surface area (Å²) >= 11 is 3.41. The summed E-state index contributed by atoms with van der Waals surface area (Å²) in [5.74, 6) is -2.52. The molecule has 1 aliphatic rings. The Hall–Kier alpha value is -3.32. The Labute approximate surface area is 180 Å². The van der Waals surface area contributed by atoms with Crippen LogP contribution in [-0.2, 0) is 9.59 Å². The summed E-state index contributed by atoms with van der Waals surface area (Å²) in [6.45, 7) is 1.85. The van der Waals surface area contributed by atoms with E-state index in [4.69, 9.17) is 0 Å². The standard InChI is InChI=1S/C23H16BrFN2O3/c1-13-10-14(7-8-18(13)24)21(28)19-20(15-4-3-9-26-12-15)27(23(30)22(19)29)17-6-2-5-16(25)11-17/h2-12,20,28H,1H3/b21-19+. The minimum atomic E-state index is -0.940. The van der Waals surface area contributed by atoms with E-state index in [1.807, 2.05) is 6.92 Å². The van der Waals surface area contributed by atoms with Gasteiger partial charge in [0.05, 0.1) is 11.6 Å². The molecule has 0 aliphatic carbocycles. The molecule has 1 amide bonds. The Balaban J connectivity index is 1.95. The minimum absolute atomic E-state index is 0.0704. The molecule has 4 rings (SSSR count). The van der Waals surface area contributed by atoms with Crippen LogP contribution in [0.15, 0.2) is 77.0 Å². The lowest BCUT2D eigenvalue weighted by molar-refractivity contribution is -0.132. The first-order chi connectivity index (χ1) is 14.4. The molecule has 0 spiro atoms. The average Bonchev–Trinajstić information content (AvgIpc) is 3.01. The molecule has 0 saturated carbocycles. The van der Waals surface area contributed by atoms with E-state index in [0.717, 1.165) is 10.0 Å². The fraction of sp³-hybridized carbons (Fsp3) is 0.0870. The lowest BCUT2D eigenvalue weighted by Crippen LogP contribution is -2.29. The number of hydrogen-bond acceptors (Lipinski definition) is 4. The molecule has 3 aromatic rings.